The summed E-state index contributed by atoms with van der Waals surface area (Å²) in [7, 11) is 0. The Bertz CT molecular complexity index is 261. The largest absolute Gasteiger partial charge is 0.324 e. The van der Waals surface area contributed by atoms with E-state index >= 15 is 0 Å². The fraction of sp³-hybridized carbons (Fsp3) is 0.538. The van der Waals surface area contributed by atoms with Gasteiger partial charge in [0.05, 0.1) is 0 Å². The second-order valence-electron chi connectivity index (χ2n) is 4.26. The van der Waals surface area contributed by atoms with Gasteiger partial charge in [0, 0.05) is 6.04 Å². The molecule has 1 nitrogen and oxygen atoms in total. The van der Waals surface area contributed by atoms with Crippen LogP contribution in [0.2, 0.25) is 0 Å². The molecule has 0 bridgehead atoms. The van der Waals surface area contributed by atoms with Crippen molar-refractivity contribution >= 4 is 0 Å². The summed E-state index contributed by atoms with van der Waals surface area (Å²) in [5.74, 6) is 0.507. The fourth-order valence-electron chi connectivity index (χ4n) is 1.58. The number of hydrogen-bond donors (Lipinski definition) is 1. The van der Waals surface area contributed by atoms with Crippen molar-refractivity contribution in [3.8, 4) is 0 Å². The molecule has 0 radical (unpaired) electrons. The van der Waals surface area contributed by atoms with Crippen LogP contribution in [0.15, 0.2) is 24.3 Å². The standard InChI is InChI=1S/C13H21N/c1-4-5-11-6-8-12(9-7-11)13(14)10(2)3/h6-10,13H,4-5,14H2,1-3H3. The molecule has 1 rings (SSSR count). The maximum Gasteiger partial charge on any atom is 0.0318 e. The van der Waals surface area contributed by atoms with Gasteiger partial charge < -0.3 is 5.73 Å². The maximum absolute atomic E-state index is 6.06. The molecule has 2 N–H and O–H groups in total. The van der Waals surface area contributed by atoms with E-state index in [1.165, 1.54) is 17.5 Å². The lowest BCUT2D eigenvalue weighted by molar-refractivity contribution is 0.514. The van der Waals surface area contributed by atoms with Gasteiger partial charge in [-0.05, 0) is 23.5 Å². The van der Waals surface area contributed by atoms with E-state index in [0.29, 0.717) is 5.92 Å². The third-order valence-electron chi connectivity index (χ3n) is 2.62. The predicted molar refractivity (Wildman–Crippen MR) is 62.2 cm³/mol. The molecule has 0 fully saturated rings. The molecule has 14 heavy (non-hydrogen) atoms. The molecule has 0 aliphatic rings. The van der Waals surface area contributed by atoms with Crippen LogP contribution in [0.4, 0.5) is 0 Å². The van der Waals surface area contributed by atoms with Crippen molar-refractivity contribution in [3.63, 3.8) is 0 Å². The first-order valence-corrected chi connectivity index (χ1v) is 5.49. The van der Waals surface area contributed by atoms with E-state index in [1.807, 2.05) is 0 Å². The van der Waals surface area contributed by atoms with E-state index in [-0.39, 0.29) is 6.04 Å². The van der Waals surface area contributed by atoms with Crippen LogP contribution < -0.4 is 5.73 Å². The third-order valence-corrected chi connectivity index (χ3v) is 2.62. The van der Waals surface area contributed by atoms with Crippen LogP contribution in [0.3, 0.4) is 0 Å². The predicted octanol–water partition coefficient (Wildman–Crippen LogP) is 3.29. The van der Waals surface area contributed by atoms with Crippen LogP contribution in [0.1, 0.15) is 44.4 Å². The minimum absolute atomic E-state index is 0.172. The SMILES string of the molecule is CCCc1ccc(C(N)C(C)C)cc1. The zero-order valence-corrected chi connectivity index (χ0v) is 9.46. The van der Waals surface area contributed by atoms with Crippen molar-refractivity contribution in [2.45, 2.75) is 39.7 Å². The minimum Gasteiger partial charge on any atom is -0.324 e. The zero-order chi connectivity index (χ0) is 10.6. The molecule has 0 heterocycles. The summed E-state index contributed by atoms with van der Waals surface area (Å²) in [6.07, 6.45) is 2.37. The highest BCUT2D eigenvalue weighted by atomic mass is 14.6. The molecule has 1 aromatic carbocycles. The average Bonchev–Trinajstić information content (AvgIpc) is 2.18. The second kappa shape index (κ2) is 5.16. The van der Waals surface area contributed by atoms with E-state index in [0.717, 1.165) is 6.42 Å². The van der Waals surface area contributed by atoms with Gasteiger partial charge >= 0.3 is 0 Å². The highest BCUT2D eigenvalue weighted by molar-refractivity contribution is 5.25. The van der Waals surface area contributed by atoms with E-state index in [4.69, 9.17) is 5.73 Å². The van der Waals surface area contributed by atoms with Gasteiger partial charge in [-0.25, -0.2) is 0 Å². The van der Waals surface area contributed by atoms with Crippen LogP contribution in [0, 0.1) is 5.92 Å². The first-order chi connectivity index (χ1) is 6.65. The first kappa shape index (κ1) is 11.3. The lowest BCUT2D eigenvalue weighted by Gasteiger charge is -2.16. The second-order valence-corrected chi connectivity index (χ2v) is 4.26. The van der Waals surface area contributed by atoms with Gasteiger partial charge in [0.1, 0.15) is 0 Å². The van der Waals surface area contributed by atoms with Crippen molar-refractivity contribution in [2.75, 3.05) is 0 Å². The van der Waals surface area contributed by atoms with Gasteiger partial charge in [-0.3, -0.25) is 0 Å². The molecule has 78 valence electrons. The van der Waals surface area contributed by atoms with Crippen molar-refractivity contribution < 1.29 is 0 Å². The number of benzene rings is 1. The number of aryl methyl sites for hydroxylation is 1. The molecule has 0 amide bonds. The topological polar surface area (TPSA) is 26.0 Å². The van der Waals surface area contributed by atoms with Crippen LogP contribution in [0.25, 0.3) is 0 Å². The van der Waals surface area contributed by atoms with Crippen molar-refractivity contribution in [1.82, 2.24) is 0 Å². The Morgan fingerprint density at radius 3 is 2.14 bits per heavy atom. The summed E-state index contributed by atoms with van der Waals surface area (Å²) in [5.41, 5.74) is 8.72. The van der Waals surface area contributed by atoms with Crippen LogP contribution in [-0.2, 0) is 6.42 Å². The smallest absolute Gasteiger partial charge is 0.0318 e. The lowest BCUT2D eigenvalue weighted by atomic mass is 9.96. The molecule has 0 aliphatic heterocycles. The van der Waals surface area contributed by atoms with Gasteiger partial charge in [-0.15, -0.1) is 0 Å². The summed E-state index contributed by atoms with van der Waals surface area (Å²) in [4.78, 5) is 0. The summed E-state index contributed by atoms with van der Waals surface area (Å²) < 4.78 is 0. The van der Waals surface area contributed by atoms with E-state index < -0.39 is 0 Å². The minimum atomic E-state index is 0.172. The Hall–Kier alpha value is -0.820. The molecule has 1 atom stereocenters. The lowest BCUT2D eigenvalue weighted by Crippen LogP contribution is -2.16. The highest BCUT2D eigenvalue weighted by Crippen LogP contribution is 2.19. The van der Waals surface area contributed by atoms with Gasteiger partial charge in [0.15, 0.2) is 0 Å². The maximum atomic E-state index is 6.06. The highest BCUT2D eigenvalue weighted by Gasteiger charge is 2.09. The summed E-state index contributed by atoms with van der Waals surface area (Å²) in [6.45, 7) is 6.52. The van der Waals surface area contributed by atoms with Gasteiger partial charge in [-0.1, -0.05) is 51.5 Å². The normalized spacial score (nSPS) is 13.2. The summed E-state index contributed by atoms with van der Waals surface area (Å²) >= 11 is 0. The number of rotatable bonds is 4. The van der Waals surface area contributed by atoms with Crippen molar-refractivity contribution in [2.24, 2.45) is 11.7 Å². The molecule has 0 aliphatic carbocycles. The fourth-order valence-corrected chi connectivity index (χ4v) is 1.58. The molecule has 1 unspecified atom stereocenters. The Kier molecular flexibility index (Phi) is 4.15. The molecular weight excluding hydrogens is 170 g/mol. The quantitative estimate of drug-likeness (QED) is 0.776. The Morgan fingerprint density at radius 1 is 1.14 bits per heavy atom. The van der Waals surface area contributed by atoms with E-state index in [1.54, 1.807) is 0 Å². The van der Waals surface area contributed by atoms with E-state index in [9.17, 15) is 0 Å². The summed E-state index contributed by atoms with van der Waals surface area (Å²) in [5, 5.41) is 0. The van der Waals surface area contributed by atoms with Crippen LogP contribution >= 0.6 is 0 Å². The molecule has 0 saturated carbocycles. The van der Waals surface area contributed by atoms with Crippen LogP contribution in [0.5, 0.6) is 0 Å². The molecule has 0 spiro atoms. The monoisotopic (exact) mass is 191 g/mol. The van der Waals surface area contributed by atoms with E-state index in [2.05, 4.69) is 45.0 Å². The number of nitrogens with two attached hydrogens (primary N) is 1. The molecule has 0 aromatic heterocycles. The third kappa shape index (κ3) is 2.85. The van der Waals surface area contributed by atoms with Crippen molar-refractivity contribution in [1.29, 1.82) is 0 Å². The Morgan fingerprint density at radius 2 is 1.71 bits per heavy atom. The van der Waals surface area contributed by atoms with Crippen molar-refractivity contribution in [3.05, 3.63) is 35.4 Å². The molecular formula is C13H21N. The molecule has 1 aromatic rings. The van der Waals surface area contributed by atoms with Gasteiger partial charge in [-0.2, -0.15) is 0 Å². The number of hydrogen-bond acceptors (Lipinski definition) is 1. The van der Waals surface area contributed by atoms with Gasteiger partial charge in [0.25, 0.3) is 0 Å². The molecule has 1 heteroatoms. The zero-order valence-electron chi connectivity index (χ0n) is 9.46. The molecule has 0 saturated heterocycles. The summed E-state index contributed by atoms with van der Waals surface area (Å²) in [6, 6.07) is 8.89. The first-order valence-electron chi connectivity index (χ1n) is 5.49. The van der Waals surface area contributed by atoms with Crippen LogP contribution in [-0.4, -0.2) is 0 Å². The average molecular weight is 191 g/mol. The van der Waals surface area contributed by atoms with Gasteiger partial charge in [0.2, 0.25) is 0 Å². The Labute approximate surface area is 87.3 Å². The Balaban J connectivity index is 2.72.